The lowest BCUT2D eigenvalue weighted by Crippen LogP contribution is -1.88. The van der Waals surface area contributed by atoms with Crippen LogP contribution in [-0.2, 0) is 0 Å². The number of hydrogen-bond donors (Lipinski definition) is 1. The fourth-order valence-electron chi connectivity index (χ4n) is 5.85. The quantitative estimate of drug-likeness (QED) is 0.197. The van der Waals surface area contributed by atoms with Crippen molar-refractivity contribution < 1.29 is 0 Å². The van der Waals surface area contributed by atoms with Gasteiger partial charge in [-0.1, -0.05) is 84.9 Å². The van der Waals surface area contributed by atoms with E-state index in [-0.39, 0.29) is 0 Å². The second-order valence-electron chi connectivity index (χ2n) is 8.62. The molecule has 1 N–H and O–H groups in total. The van der Waals surface area contributed by atoms with E-state index in [0.717, 1.165) is 0 Å². The molecule has 0 spiro atoms. The summed E-state index contributed by atoms with van der Waals surface area (Å²) >= 11 is 0. The Morgan fingerprint density at radius 1 is 0.387 bits per heavy atom. The fraction of sp³-hybridized carbons (Fsp3) is 0. The highest BCUT2D eigenvalue weighted by atomic mass is 14.7. The van der Waals surface area contributed by atoms with Gasteiger partial charge in [0.05, 0.1) is 5.52 Å². The molecule has 7 aromatic carbocycles. The molecule has 0 bridgehead atoms. The van der Waals surface area contributed by atoms with Crippen molar-refractivity contribution >= 4 is 75.7 Å². The first-order valence-electron chi connectivity index (χ1n) is 10.8. The summed E-state index contributed by atoms with van der Waals surface area (Å²) in [6.45, 7) is 0. The first kappa shape index (κ1) is 15.7. The van der Waals surface area contributed by atoms with E-state index in [4.69, 9.17) is 0 Å². The summed E-state index contributed by atoms with van der Waals surface area (Å²) in [4.78, 5) is 3.71. The molecule has 0 saturated heterocycles. The van der Waals surface area contributed by atoms with Crippen molar-refractivity contribution in [3.05, 3.63) is 97.1 Å². The topological polar surface area (TPSA) is 15.8 Å². The molecule has 0 aliphatic carbocycles. The Hall–Kier alpha value is -4.10. The van der Waals surface area contributed by atoms with Gasteiger partial charge in [-0.15, -0.1) is 0 Å². The van der Waals surface area contributed by atoms with Crippen LogP contribution in [-0.4, -0.2) is 4.98 Å². The molecule has 0 aliphatic rings. The van der Waals surface area contributed by atoms with Crippen molar-refractivity contribution in [2.24, 2.45) is 0 Å². The third kappa shape index (κ3) is 1.83. The molecule has 1 heterocycles. The van der Waals surface area contributed by atoms with Crippen LogP contribution in [0.1, 0.15) is 0 Å². The Balaban J connectivity index is 1.75. The fourth-order valence-corrected chi connectivity index (χ4v) is 5.85. The van der Waals surface area contributed by atoms with E-state index in [1.807, 2.05) is 0 Å². The largest absolute Gasteiger partial charge is 0.354 e. The van der Waals surface area contributed by atoms with Crippen molar-refractivity contribution in [2.45, 2.75) is 0 Å². The number of aromatic nitrogens is 1. The third-order valence-corrected chi connectivity index (χ3v) is 7.10. The summed E-state index contributed by atoms with van der Waals surface area (Å²) < 4.78 is 0. The van der Waals surface area contributed by atoms with Gasteiger partial charge < -0.3 is 4.98 Å². The molecule has 1 aromatic heterocycles. The zero-order valence-corrected chi connectivity index (χ0v) is 16.7. The van der Waals surface area contributed by atoms with Crippen molar-refractivity contribution in [1.82, 2.24) is 4.98 Å². The summed E-state index contributed by atoms with van der Waals surface area (Å²) in [5.74, 6) is 0. The summed E-state index contributed by atoms with van der Waals surface area (Å²) in [6.07, 6.45) is 0. The molecular weight excluding hydrogens is 374 g/mol. The monoisotopic (exact) mass is 391 g/mol. The van der Waals surface area contributed by atoms with Gasteiger partial charge in [0, 0.05) is 21.7 Å². The number of aromatic amines is 1. The highest BCUT2D eigenvalue weighted by molar-refractivity contribution is 6.39. The number of hydrogen-bond acceptors (Lipinski definition) is 0. The van der Waals surface area contributed by atoms with Crippen molar-refractivity contribution in [3.8, 4) is 0 Å². The Bertz CT molecular complexity index is 1980. The molecule has 0 radical (unpaired) electrons. The van der Waals surface area contributed by atoms with Gasteiger partial charge in [0.2, 0.25) is 0 Å². The summed E-state index contributed by atoms with van der Waals surface area (Å²) in [5.41, 5.74) is 2.42. The number of H-pyrrole nitrogens is 1. The molecule has 0 amide bonds. The zero-order chi connectivity index (χ0) is 20.1. The second kappa shape index (κ2) is 5.33. The van der Waals surface area contributed by atoms with Crippen LogP contribution in [0.5, 0.6) is 0 Å². The molecule has 8 rings (SSSR count). The van der Waals surface area contributed by atoms with Crippen LogP contribution < -0.4 is 0 Å². The van der Waals surface area contributed by atoms with Crippen LogP contribution in [0.15, 0.2) is 97.1 Å². The van der Waals surface area contributed by atoms with Crippen molar-refractivity contribution in [1.29, 1.82) is 0 Å². The normalized spacial score (nSPS) is 12.5. The first-order valence-corrected chi connectivity index (χ1v) is 10.8. The maximum atomic E-state index is 3.71. The first-order chi connectivity index (χ1) is 15.4. The van der Waals surface area contributed by atoms with E-state index in [2.05, 4.69) is 102 Å². The Kier molecular flexibility index (Phi) is 2.70. The van der Waals surface area contributed by atoms with E-state index >= 15 is 0 Å². The number of benzene rings is 7. The molecule has 0 aliphatic heterocycles. The standard InChI is InChI=1S/C30H17N/c1-2-13-26-19(9-1)23-15-14-22-25(30(23)31-26)16-18-8-5-11-21-20-10-3-6-17-7-4-12-24(27(17)20)29(22)28(18)21/h1-16,31H. The summed E-state index contributed by atoms with van der Waals surface area (Å²) in [6, 6.07) is 35.7. The highest BCUT2D eigenvalue weighted by Crippen LogP contribution is 2.45. The Morgan fingerprint density at radius 2 is 1.03 bits per heavy atom. The van der Waals surface area contributed by atoms with Crippen LogP contribution in [0.4, 0.5) is 0 Å². The SMILES string of the molecule is c1ccc2c(c1)[nH]c1c2ccc2c1cc1cccc3c4cccc5cccc(c54)c2c13. The highest BCUT2D eigenvalue weighted by Gasteiger charge is 2.17. The minimum atomic E-state index is 1.19. The number of nitrogens with one attached hydrogen (secondary N) is 1. The molecule has 0 saturated carbocycles. The van der Waals surface area contributed by atoms with Gasteiger partial charge >= 0.3 is 0 Å². The second-order valence-corrected chi connectivity index (χ2v) is 8.62. The number of fused-ring (bicyclic) bond motifs is 8. The summed E-state index contributed by atoms with van der Waals surface area (Å²) in [5, 5.41) is 15.9. The van der Waals surface area contributed by atoms with Crippen LogP contribution >= 0.6 is 0 Å². The number of para-hydroxylation sites is 1. The van der Waals surface area contributed by atoms with Gasteiger partial charge in [0.25, 0.3) is 0 Å². The van der Waals surface area contributed by atoms with Crippen LogP contribution in [0.2, 0.25) is 0 Å². The minimum Gasteiger partial charge on any atom is -0.354 e. The van der Waals surface area contributed by atoms with Gasteiger partial charge in [-0.3, -0.25) is 0 Å². The average molecular weight is 391 g/mol. The molecule has 0 unspecified atom stereocenters. The zero-order valence-electron chi connectivity index (χ0n) is 16.7. The molecule has 8 aromatic rings. The van der Waals surface area contributed by atoms with E-state index in [1.54, 1.807) is 0 Å². The number of rotatable bonds is 0. The maximum absolute atomic E-state index is 3.71. The Labute approximate surface area is 177 Å². The Morgan fingerprint density at radius 3 is 1.90 bits per heavy atom. The van der Waals surface area contributed by atoms with Crippen LogP contribution in [0.25, 0.3) is 75.7 Å². The predicted octanol–water partition coefficient (Wildman–Crippen LogP) is 8.52. The van der Waals surface area contributed by atoms with Crippen LogP contribution in [0.3, 0.4) is 0 Å². The van der Waals surface area contributed by atoms with E-state index in [1.165, 1.54) is 75.7 Å². The summed E-state index contributed by atoms with van der Waals surface area (Å²) in [7, 11) is 0. The van der Waals surface area contributed by atoms with Crippen molar-refractivity contribution in [2.75, 3.05) is 0 Å². The third-order valence-electron chi connectivity index (χ3n) is 7.10. The lowest BCUT2D eigenvalue weighted by molar-refractivity contribution is 1.57. The van der Waals surface area contributed by atoms with Crippen LogP contribution in [0, 0.1) is 0 Å². The van der Waals surface area contributed by atoms with E-state index < -0.39 is 0 Å². The predicted molar refractivity (Wildman–Crippen MR) is 135 cm³/mol. The van der Waals surface area contributed by atoms with E-state index in [9.17, 15) is 0 Å². The van der Waals surface area contributed by atoms with Gasteiger partial charge in [-0.25, -0.2) is 0 Å². The average Bonchev–Trinajstić information content (AvgIpc) is 3.21. The van der Waals surface area contributed by atoms with E-state index in [0.29, 0.717) is 0 Å². The maximum Gasteiger partial charge on any atom is 0.0544 e. The lowest BCUT2D eigenvalue weighted by atomic mass is 9.87. The molecule has 0 fully saturated rings. The molecular formula is C30H17N. The van der Waals surface area contributed by atoms with Gasteiger partial charge in [-0.2, -0.15) is 0 Å². The van der Waals surface area contributed by atoms with Gasteiger partial charge in [-0.05, 0) is 60.6 Å². The molecule has 0 atom stereocenters. The minimum absolute atomic E-state index is 1.19. The molecule has 31 heavy (non-hydrogen) atoms. The molecule has 1 nitrogen and oxygen atoms in total. The molecule has 142 valence electrons. The smallest absolute Gasteiger partial charge is 0.0544 e. The molecule has 1 heteroatoms. The lowest BCUT2D eigenvalue weighted by Gasteiger charge is -2.16. The van der Waals surface area contributed by atoms with Crippen molar-refractivity contribution in [3.63, 3.8) is 0 Å². The van der Waals surface area contributed by atoms with Gasteiger partial charge in [0.15, 0.2) is 0 Å². The van der Waals surface area contributed by atoms with Gasteiger partial charge in [0.1, 0.15) is 0 Å².